The molecule has 0 aliphatic heterocycles. The van der Waals surface area contributed by atoms with Crippen molar-refractivity contribution in [2.45, 2.75) is 24.3 Å². The molecular formula is C10H16N2O3S. The molecule has 1 atom stereocenters. The third-order valence-electron chi connectivity index (χ3n) is 2.12. The predicted octanol–water partition coefficient (Wildman–Crippen LogP) is 0.232. The summed E-state index contributed by atoms with van der Waals surface area (Å²) in [5.41, 5.74) is 6.41. The van der Waals surface area contributed by atoms with E-state index in [9.17, 15) is 8.42 Å². The number of methoxy groups -OCH3 is 1. The predicted molar refractivity (Wildman–Crippen MR) is 61.7 cm³/mol. The van der Waals surface area contributed by atoms with Gasteiger partial charge in [0.25, 0.3) is 0 Å². The Kier molecular flexibility index (Phi) is 3.90. The Morgan fingerprint density at radius 2 is 2.06 bits per heavy atom. The summed E-state index contributed by atoms with van der Waals surface area (Å²) in [6.07, 6.45) is 0.534. The van der Waals surface area contributed by atoms with E-state index in [4.69, 9.17) is 15.6 Å². The number of ether oxygens (including phenoxy) is 1. The molecule has 1 aromatic rings. The molecule has 0 spiro atoms. The van der Waals surface area contributed by atoms with Gasteiger partial charge in [-0.05, 0) is 37.1 Å². The van der Waals surface area contributed by atoms with Crippen LogP contribution < -0.4 is 15.6 Å². The Balaban J connectivity index is 3.21. The zero-order valence-electron chi connectivity index (χ0n) is 9.30. The Bertz CT molecular complexity index is 469. The smallest absolute Gasteiger partial charge is 0.238 e. The summed E-state index contributed by atoms with van der Waals surface area (Å²) in [6.45, 7) is 1.84. The number of rotatable bonds is 4. The molecule has 0 heterocycles. The fourth-order valence-corrected chi connectivity index (χ4v) is 2.00. The lowest BCUT2D eigenvalue weighted by Crippen LogP contribution is -2.19. The zero-order valence-corrected chi connectivity index (χ0v) is 10.1. The van der Waals surface area contributed by atoms with E-state index < -0.39 is 10.0 Å². The lowest BCUT2D eigenvalue weighted by Gasteiger charge is -2.11. The number of nitrogens with two attached hydrogens (primary N) is 2. The second-order valence-electron chi connectivity index (χ2n) is 3.70. The van der Waals surface area contributed by atoms with Crippen LogP contribution in [0.4, 0.5) is 0 Å². The van der Waals surface area contributed by atoms with Crippen molar-refractivity contribution in [3.8, 4) is 5.75 Å². The second-order valence-corrected chi connectivity index (χ2v) is 5.26. The first-order valence-corrected chi connectivity index (χ1v) is 6.34. The van der Waals surface area contributed by atoms with Gasteiger partial charge in [-0.1, -0.05) is 0 Å². The third-order valence-corrected chi connectivity index (χ3v) is 3.03. The molecule has 16 heavy (non-hydrogen) atoms. The monoisotopic (exact) mass is 244 g/mol. The van der Waals surface area contributed by atoms with E-state index in [2.05, 4.69) is 0 Å². The second kappa shape index (κ2) is 4.82. The van der Waals surface area contributed by atoms with Crippen LogP contribution in [0.15, 0.2) is 23.1 Å². The number of hydrogen-bond acceptors (Lipinski definition) is 4. The van der Waals surface area contributed by atoms with Crippen LogP contribution in [0.5, 0.6) is 5.75 Å². The summed E-state index contributed by atoms with van der Waals surface area (Å²) in [6, 6.07) is 4.41. The number of benzene rings is 1. The van der Waals surface area contributed by atoms with Crippen molar-refractivity contribution in [1.29, 1.82) is 0 Å². The molecule has 1 unspecified atom stereocenters. The summed E-state index contributed by atoms with van der Waals surface area (Å²) in [7, 11) is -2.16. The van der Waals surface area contributed by atoms with E-state index in [1.807, 2.05) is 6.92 Å². The fourth-order valence-electron chi connectivity index (χ4n) is 1.44. The summed E-state index contributed by atoms with van der Waals surface area (Å²) < 4.78 is 27.5. The molecule has 0 fully saturated rings. The highest BCUT2D eigenvalue weighted by molar-refractivity contribution is 7.89. The molecular weight excluding hydrogens is 228 g/mol. The van der Waals surface area contributed by atoms with E-state index in [0.29, 0.717) is 12.2 Å². The van der Waals surface area contributed by atoms with Crippen LogP contribution in [0, 0.1) is 0 Å². The van der Waals surface area contributed by atoms with Gasteiger partial charge in [0.1, 0.15) is 5.75 Å². The van der Waals surface area contributed by atoms with E-state index in [0.717, 1.165) is 5.56 Å². The average molecular weight is 244 g/mol. The maximum absolute atomic E-state index is 11.2. The first-order valence-electron chi connectivity index (χ1n) is 4.80. The molecule has 6 heteroatoms. The lowest BCUT2D eigenvalue weighted by molar-refractivity contribution is 0.408. The van der Waals surface area contributed by atoms with E-state index >= 15 is 0 Å². The van der Waals surface area contributed by atoms with Crippen molar-refractivity contribution in [3.05, 3.63) is 23.8 Å². The van der Waals surface area contributed by atoms with Crippen LogP contribution in [0.25, 0.3) is 0 Å². The van der Waals surface area contributed by atoms with Gasteiger partial charge in [-0.3, -0.25) is 0 Å². The Hall–Kier alpha value is -1.11. The highest BCUT2D eigenvalue weighted by Gasteiger charge is 2.12. The molecule has 90 valence electrons. The van der Waals surface area contributed by atoms with E-state index in [-0.39, 0.29) is 10.9 Å². The SMILES string of the molecule is COc1ccc(S(N)(=O)=O)cc1CC(C)N. The number of primary sulfonamides is 1. The maximum atomic E-state index is 11.2. The molecule has 0 amide bonds. The first-order chi connectivity index (χ1) is 7.34. The van der Waals surface area contributed by atoms with Gasteiger partial charge < -0.3 is 10.5 Å². The normalized spacial score (nSPS) is 13.5. The van der Waals surface area contributed by atoms with Crippen LogP contribution in [0.2, 0.25) is 0 Å². The van der Waals surface area contributed by atoms with Crippen LogP contribution in [0.1, 0.15) is 12.5 Å². The van der Waals surface area contributed by atoms with Crippen LogP contribution in [0.3, 0.4) is 0 Å². The van der Waals surface area contributed by atoms with Gasteiger partial charge in [0.2, 0.25) is 10.0 Å². The molecule has 0 saturated heterocycles. The highest BCUT2D eigenvalue weighted by Crippen LogP contribution is 2.22. The van der Waals surface area contributed by atoms with Gasteiger partial charge in [-0.15, -0.1) is 0 Å². The molecule has 0 aliphatic carbocycles. The van der Waals surface area contributed by atoms with Gasteiger partial charge in [-0.2, -0.15) is 0 Å². The topological polar surface area (TPSA) is 95.4 Å². The standard InChI is InChI=1S/C10H16N2O3S/c1-7(11)5-8-6-9(16(12,13)14)3-4-10(8)15-2/h3-4,6-7H,5,11H2,1-2H3,(H2,12,13,14). The van der Waals surface area contributed by atoms with Crippen LogP contribution in [-0.2, 0) is 16.4 Å². The molecule has 0 bridgehead atoms. The minimum Gasteiger partial charge on any atom is -0.496 e. The fraction of sp³-hybridized carbons (Fsp3) is 0.400. The Morgan fingerprint density at radius 1 is 1.44 bits per heavy atom. The van der Waals surface area contributed by atoms with Gasteiger partial charge >= 0.3 is 0 Å². The number of sulfonamides is 1. The van der Waals surface area contributed by atoms with Crippen LogP contribution in [-0.4, -0.2) is 21.6 Å². The minimum atomic E-state index is -3.68. The van der Waals surface area contributed by atoms with Gasteiger partial charge in [-0.25, -0.2) is 13.6 Å². The summed E-state index contributed by atoms with van der Waals surface area (Å²) in [5.74, 6) is 0.615. The third kappa shape index (κ3) is 3.19. The maximum Gasteiger partial charge on any atom is 0.238 e. The van der Waals surface area contributed by atoms with Crippen molar-refractivity contribution in [2.24, 2.45) is 10.9 Å². The number of hydrogen-bond donors (Lipinski definition) is 2. The summed E-state index contributed by atoms with van der Waals surface area (Å²) in [5, 5.41) is 5.05. The lowest BCUT2D eigenvalue weighted by atomic mass is 10.1. The largest absolute Gasteiger partial charge is 0.496 e. The Morgan fingerprint density at radius 3 is 2.50 bits per heavy atom. The minimum absolute atomic E-state index is 0.0731. The molecule has 0 saturated carbocycles. The summed E-state index contributed by atoms with van der Waals surface area (Å²) >= 11 is 0. The van der Waals surface area contributed by atoms with E-state index in [1.165, 1.54) is 19.2 Å². The van der Waals surface area contributed by atoms with E-state index in [1.54, 1.807) is 6.07 Å². The first kappa shape index (κ1) is 13.0. The van der Waals surface area contributed by atoms with Gasteiger partial charge in [0.05, 0.1) is 12.0 Å². The Labute approximate surface area is 95.4 Å². The van der Waals surface area contributed by atoms with Crippen molar-refractivity contribution in [1.82, 2.24) is 0 Å². The molecule has 0 radical (unpaired) electrons. The molecule has 4 N–H and O–H groups in total. The van der Waals surface area contributed by atoms with Crippen molar-refractivity contribution in [3.63, 3.8) is 0 Å². The molecule has 5 nitrogen and oxygen atoms in total. The summed E-state index contributed by atoms with van der Waals surface area (Å²) in [4.78, 5) is 0.0731. The molecule has 1 aromatic carbocycles. The highest BCUT2D eigenvalue weighted by atomic mass is 32.2. The molecule has 0 aromatic heterocycles. The van der Waals surface area contributed by atoms with Crippen molar-refractivity contribution in [2.75, 3.05) is 7.11 Å². The van der Waals surface area contributed by atoms with Crippen molar-refractivity contribution < 1.29 is 13.2 Å². The van der Waals surface area contributed by atoms with Gasteiger partial charge in [0, 0.05) is 6.04 Å². The molecule has 1 rings (SSSR count). The van der Waals surface area contributed by atoms with Crippen LogP contribution >= 0.6 is 0 Å². The quantitative estimate of drug-likeness (QED) is 0.792. The average Bonchev–Trinajstić information content (AvgIpc) is 2.15. The zero-order chi connectivity index (χ0) is 12.3. The van der Waals surface area contributed by atoms with Gasteiger partial charge in [0.15, 0.2) is 0 Å². The van der Waals surface area contributed by atoms with Crippen molar-refractivity contribution >= 4 is 10.0 Å². The molecule has 0 aliphatic rings.